The smallest absolute Gasteiger partial charge is 0.210 e. The molecule has 4 atom stereocenters. The molecule has 1 aliphatic carbocycles. The van der Waals surface area contributed by atoms with Crippen molar-refractivity contribution in [2.24, 2.45) is 5.92 Å². The van der Waals surface area contributed by atoms with Gasteiger partial charge in [0.2, 0.25) is 8.32 Å². The summed E-state index contributed by atoms with van der Waals surface area (Å²) < 4.78 is 5.47. The molecule has 0 spiro atoms. The summed E-state index contributed by atoms with van der Waals surface area (Å²) in [6.07, 6.45) is 5.82. The van der Waals surface area contributed by atoms with Crippen LogP contribution in [0.2, 0.25) is 12.6 Å². The van der Waals surface area contributed by atoms with Crippen molar-refractivity contribution in [3.63, 3.8) is 0 Å². The van der Waals surface area contributed by atoms with Gasteiger partial charge in [-0.25, -0.2) is 0 Å². The van der Waals surface area contributed by atoms with Crippen molar-refractivity contribution in [2.45, 2.75) is 50.5 Å². The Labute approximate surface area is 86.2 Å². The number of epoxide rings is 1. The average molecular weight is 216 g/mol. The minimum absolute atomic E-state index is 0.00226. The third-order valence-electron chi connectivity index (χ3n) is 3.54. The van der Waals surface area contributed by atoms with Gasteiger partial charge in [0.15, 0.2) is 0 Å². The molecule has 2 N–H and O–H groups in total. The molecular weight excluding hydrogens is 196 g/mol. The van der Waals surface area contributed by atoms with Gasteiger partial charge in [-0.05, 0) is 37.8 Å². The molecule has 1 saturated heterocycles. The fourth-order valence-corrected chi connectivity index (χ4v) is 3.53. The standard InChI is InChI=1S/C10H20O3Si/c1-14(12,7-11)5-4-8-2-3-9-10(6-8)13-9/h8-12H,2-7H2,1H3. The summed E-state index contributed by atoms with van der Waals surface area (Å²) in [5, 5.41) is 8.97. The Morgan fingerprint density at radius 1 is 1.36 bits per heavy atom. The summed E-state index contributed by atoms with van der Waals surface area (Å²) >= 11 is 0. The van der Waals surface area contributed by atoms with E-state index in [0.717, 1.165) is 18.4 Å². The maximum Gasteiger partial charge on any atom is 0.210 e. The van der Waals surface area contributed by atoms with Gasteiger partial charge in [-0.3, -0.25) is 0 Å². The third-order valence-corrected chi connectivity index (χ3v) is 5.59. The molecule has 0 aromatic carbocycles. The Morgan fingerprint density at radius 3 is 2.79 bits per heavy atom. The fourth-order valence-electron chi connectivity index (χ4n) is 2.34. The number of ether oxygens (including phenoxy) is 1. The van der Waals surface area contributed by atoms with Crippen LogP contribution >= 0.6 is 0 Å². The number of hydrogen-bond acceptors (Lipinski definition) is 3. The van der Waals surface area contributed by atoms with Crippen molar-refractivity contribution in [3.05, 3.63) is 0 Å². The summed E-state index contributed by atoms with van der Waals surface area (Å²) in [5.41, 5.74) is 0. The van der Waals surface area contributed by atoms with E-state index in [0.29, 0.717) is 12.2 Å². The molecule has 14 heavy (non-hydrogen) atoms. The number of rotatable bonds is 4. The molecule has 0 aromatic heterocycles. The molecular formula is C10H20O3Si. The monoisotopic (exact) mass is 216 g/mol. The largest absolute Gasteiger partial charge is 0.430 e. The summed E-state index contributed by atoms with van der Waals surface area (Å²) in [4.78, 5) is 9.79. The molecule has 1 aliphatic heterocycles. The van der Waals surface area contributed by atoms with Gasteiger partial charge < -0.3 is 14.6 Å². The minimum atomic E-state index is -2.25. The van der Waals surface area contributed by atoms with E-state index < -0.39 is 8.32 Å². The van der Waals surface area contributed by atoms with Crippen LogP contribution in [0.1, 0.15) is 25.7 Å². The third kappa shape index (κ3) is 2.57. The van der Waals surface area contributed by atoms with E-state index in [-0.39, 0.29) is 6.23 Å². The van der Waals surface area contributed by atoms with Crippen LogP contribution in [-0.2, 0) is 4.74 Å². The van der Waals surface area contributed by atoms with Crippen LogP contribution < -0.4 is 0 Å². The maximum atomic E-state index is 9.79. The zero-order valence-electron chi connectivity index (χ0n) is 8.78. The molecule has 0 radical (unpaired) electrons. The molecule has 0 aromatic rings. The molecule has 4 heteroatoms. The van der Waals surface area contributed by atoms with Crippen molar-refractivity contribution >= 4 is 8.32 Å². The molecule has 2 aliphatic rings. The van der Waals surface area contributed by atoms with Gasteiger partial charge in [-0.2, -0.15) is 0 Å². The van der Waals surface area contributed by atoms with Gasteiger partial charge in [-0.1, -0.05) is 6.42 Å². The second-order valence-electron chi connectivity index (χ2n) is 5.09. The molecule has 0 amide bonds. The van der Waals surface area contributed by atoms with Gasteiger partial charge >= 0.3 is 0 Å². The van der Waals surface area contributed by atoms with E-state index in [2.05, 4.69) is 0 Å². The van der Waals surface area contributed by atoms with Gasteiger partial charge in [0.1, 0.15) is 0 Å². The minimum Gasteiger partial charge on any atom is -0.430 e. The van der Waals surface area contributed by atoms with Gasteiger partial charge in [0.05, 0.1) is 18.4 Å². The molecule has 0 bridgehead atoms. The molecule has 2 rings (SSSR count). The summed E-state index contributed by atoms with van der Waals surface area (Å²) in [6.45, 7) is 1.84. The highest BCUT2D eigenvalue weighted by Crippen LogP contribution is 2.41. The lowest BCUT2D eigenvalue weighted by Gasteiger charge is -2.23. The average Bonchev–Trinajstić information content (AvgIpc) is 2.93. The van der Waals surface area contributed by atoms with Gasteiger partial charge in [0, 0.05) is 0 Å². The lowest BCUT2D eigenvalue weighted by molar-refractivity contribution is 0.319. The second-order valence-corrected chi connectivity index (χ2v) is 8.90. The first-order valence-corrected chi connectivity index (χ1v) is 8.45. The Kier molecular flexibility index (Phi) is 2.97. The quantitative estimate of drug-likeness (QED) is 0.545. The number of aliphatic hydroxyl groups excluding tert-OH is 1. The molecule has 3 nitrogen and oxygen atoms in total. The zero-order valence-corrected chi connectivity index (χ0v) is 9.78. The first-order chi connectivity index (χ1) is 6.61. The predicted molar refractivity (Wildman–Crippen MR) is 56.3 cm³/mol. The lowest BCUT2D eigenvalue weighted by Crippen LogP contribution is -2.36. The first-order valence-electron chi connectivity index (χ1n) is 5.59. The normalized spacial score (nSPS) is 40.1. The Hall–Kier alpha value is 0.0969. The highest BCUT2D eigenvalue weighted by molar-refractivity contribution is 6.71. The van der Waals surface area contributed by atoms with Crippen LogP contribution in [0.4, 0.5) is 0 Å². The van der Waals surface area contributed by atoms with E-state index in [1.165, 1.54) is 19.3 Å². The number of fused-ring (bicyclic) bond motifs is 1. The van der Waals surface area contributed by atoms with Crippen molar-refractivity contribution in [1.82, 2.24) is 0 Å². The van der Waals surface area contributed by atoms with Crippen LogP contribution in [0, 0.1) is 5.92 Å². The topological polar surface area (TPSA) is 53.0 Å². The Bertz CT molecular complexity index is 208. The van der Waals surface area contributed by atoms with Crippen LogP contribution in [0.5, 0.6) is 0 Å². The molecule has 1 saturated carbocycles. The van der Waals surface area contributed by atoms with Crippen molar-refractivity contribution in [2.75, 3.05) is 6.23 Å². The van der Waals surface area contributed by atoms with Crippen LogP contribution in [0.3, 0.4) is 0 Å². The molecule has 2 fully saturated rings. The number of hydrogen-bond donors (Lipinski definition) is 2. The van der Waals surface area contributed by atoms with E-state index >= 15 is 0 Å². The highest BCUT2D eigenvalue weighted by Gasteiger charge is 2.43. The summed E-state index contributed by atoms with van der Waals surface area (Å²) in [5.74, 6) is 0.726. The molecule has 4 unspecified atom stereocenters. The zero-order chi connectivity index (χ0) is 10.2. The lowest BCUT2D eigenvalue weighted by atomic mass is 9.88. The van der Waals surface area contributed by atoms with E-state index in [9.17, 15) is 4.80 Å². The molecule has 82 valence electrons. The Balaban J connectivity index is 1.70. The fraction of sp³-hybridized carbons (Fsp3) is 1.00. The first kappa shape index (κ1) is 10.6. The van der Waals surface area contributed by atoms with Gasteiger partial charge in [-0.15, -0.1) is 0 Å². The van der Waals surface area contributed by atoms with E-state index in [1.54, 1.807) is 0 Å². The van der Waals surface area contributed by atoms with Crippen LogP contribution in [0.25, 0.3) is 0 Å². The summed E-state index contributed by atoms with van der Waals surface area (Å²) in [7, 11) is -2.25. The van der Waals surface area contributed by atoms with Crippen molar-refractivity contribution < 1.29 is 14.6 Å². The van der Waals surface area contributed by atoms with Gasteiger partial charge in [0.25, 0.3) is 0 Å². The predicted octanol–water partition coefficient (Wildman–Crippen LogP) is 1.04. The van der Waals surface area contributed by atoms with Crippen molar-refractivity contribution in [1.29, 1.82) is 0 Å². The Morgan fingerprint density at radius 2 is 2.14 bits per heavy atom. The van der Waals surface area contributed by atoms with Crippen LogP contribution in [-0.4, -0.2) is 36.7 Å². The van der Waals surface area contributed by atoms with Crippen LogP contribution in [0.15, 0.2) is 0 Å². The van der Waals surface area contributed by atoms with E-state index in [4.69, 9.17) is 9.84 Å². The molecule has 1 heterocycles. The highest BCUT2D eigenvalue weighted by atomic mass is 28.4. The van der Waals surface area contributed by atoms with E-state index in [1.807, 2.05) is 6.55 Å². The SMILES string of the molecule is C[Si](O)(CO)CCC1CCC2OC2C1. The number of aliphatic hydroxyl groups is 1. The summed E-state index contributed by atoms with van der Waals surface area (Å²) in [6, 6.07) is 0.839. The maximum absolute atomic E-state index is 9.79. The second kappa shape index (κ2) is 3.93. The van der Waals surface area contributed by atoms with Crippen molar-refractivity contribution in [3.8, 4) is 0 Å².